The van der Waals surface area contributed by atoms with Gasteiger partial charge in [-0.05, 0) is 6.08 Å². The molecule has 15 heavy (non-hydrogen) atoms. The van der Waals surface area contributed by atoms with E-state index in [1.54, 1.807) is 12.2 Å². The standard InChI is InChI=1S/C10H10N4O/c15-7-13-8-3-1-2-4-9(8)14-10-11-5-6-12-10/h1-4,8H,5-6H2,(H,11,12)/b14-9+. The molecule has 0 fully saturated rings. The predicted molar refractivity (Wildman–Crippen MR) is 57.9 cm³/mol. The fraction of sp³-hybridized carbons (Fsp3) is 0.300. The normalized spacial score (nSPS) is 26.0. The van der Waals surface area contributed by atoms with Crippen molar-refractivity contribution >= 4 is 17.8 Å². The average molecular weight is 202 g/mol. The molecule has 2 aliphatic rings. The quantitative estimate of drug-likeness (QED) is 0.488. The first kappa shape index (κ1) is 9.55. The van der Waals surface area contributed by atoms with Gasteiger partial charge in [-0.1, -0.05) is 18.2 Å². The zero-order valence-electron chi connectivity index (χ0n) is 8.05. The van der Waals surface area contributed by atoms with Crippen LogP contribution >= 0.6 is 0 Å². The number of rotatable bonds is 1. The van der Waals surface area contributed by atoms with Crippen molar-refractivity contribution in [3.8, 4) is 0 Å². The Kier molecular flexibility index (Phi) is 2.85. The van der Waals surface area contributed by atoms with Crippen LogP contribution < -0.4 is 5.32 Å². The summed E-state index contributed by atoms with van der Waals surface area (Å²) in [6.45, 7) is 1.56. The lowest BCUT2D eigenvalue weighted by Crippen LogP contribution is -2.22. The summed E-state index contributed by atoms with van der Waals surface area (Å²) < 4.78 is 0. The Morgan fingerprint density at radius 3 is 3.20 bits per heavy atom. The topological polar surface area (TPSA) is 66.2 Å². The number of guanidine groups is 1. The van der Waals surface area contributed by atoms with E-state index >= 15 is 0 Å². The third kappa shape index (κ3) is 2.27. The van der Waals surface area contributed by atoms with E-state index in [-0.39, 0.29) is 6.04 Å². The minimum absolute atomic E-state index is 0.336. The van der Waals surface area contributed by atoms with E-state index in [0.29, 0.717) is 11.7 Å². The van der Waals surface area contributed by atoms with Crippen LogP contribution in [0.15, 0.2) is 39.3 Å². The summed E-state index contributed by atoms with van der Waals surface area (Å²) in [6, 6.07) is -0.336. The molecule has 76 valence electrons. The van der Waals surface area contributed by atoms with E-state index in [1.807, 2.05) is 18.2 Å². The summed E-state index contributed by atoms with van der Waals surface area (Å²) in [5.41, 5.74) is 0.703. The minimum atomic E-state index is -0.336. The van der Waals surface area contributed by atoms with Gasteiger partial charge in [0.05, 0.1) is 12.3 Å². The van der Waals surface area contributed by atoms with Crippen molar-refractivity contribution < 1.29 is 4.79 Å². The maximum atomic E-state index is 10.2. The van der Waals surface area contributed by atoms with E-state index in [1.165, 1.54) is 0 Å². The molecular formula is C10H10N4O. The van der Waals surface area contributed by atoms with Crippen LogP contribution in [0, 0.1) is 0 Å². The second-order valence-corrected chi connectivity index (χ2v) is 3.08. The summed E-state index contributed by atoms with van der Waals surface area (Å²) in [4.78, 5) is 22.3. The van der Waals surface area contributed by atoms with Crippen LogP contribution in [-0.4, -0.2) is 36.9 Å². The highest BCUT2D eigenvalue weighted by atomic mass is 16.1. The van der Waals surface area contributed by atoms with Crippen molar-refractivity contribution in [1.82, 2.24) is 5.32 Å². The summed E-state index contributed by atoms with van der Waals surface area (Å²) >= 11 is 0. The molecule has 1 aliphatic heterocycles. The number of carbonyl (C=O) groups excluding carboxylic acids is 1. The van der Waals surface area contributed by atoms with E-state index in [4.69, 9.17) is 0 Å². The Balaban J connectivity index is 2.22. The lowest BCUT2D eigenvalue weighted by molar-refractivity contribution is 0.563. The van der Waals surface area contributed by atoms with Gasteiger partial charge in [-0.15, -0.1) is 0 Å². The molecule has 0 saturated heterocycles. The molecule has 0 radical (unpaired) electrons. The van der Waals surface area contributed by atoms with Gasteiger partial charge in [0.25, 0.3) is 0 Å². The number of hydrogen-bond acceptors (Lipinski definition) is 5. The highest BCUT2D eigenvalue weighted by Crippen LogP contribution is 2.06. The Morgan fingerprint density at radius 1 is 1.53 bits per heavy atom. The van der Waals surface area contributed by atoms with E-state index in [9.17, 15) is 4.79 Å². The Labute approximate surface area is 87.0 Å². The number of hydrogen-bond donors (Lipinski definition) is 1. The van der Waals surface area contributed by atoms with Gasteiger partial charge in [0.15, 0.2) is 0 Å². The summed E-state index contributed by atoms with van der Waals surface area (Å²) in [6.07, 6.45) is 8.83. The third-order valence-electron chi connectivity index (χ3n) is 2.06. The van der Waals surface area contributed by atoms with Crippen LogP contribution in [0.4, 0.5) is 0 Å². The molecule has 1 unspecified atom stereocenters. The van der Waals surface area contributed by atoms with Gasteiger partial charge in [0.2, 0.25) is 12.0 Å². The molecule has 0 spiro atoms. The zero-order valence-corrected chi connectivity index (χ0v) is 8.05. The average Bonchev–Trinajstić information content (AvgIpc) is 2.74. The van der Waals surface area contributed by atoms with Crippen LogP contribution in [0.5, 0.6) is 0 Å². The fourth-order valence-electron chi connectivity index (χ4n) is 1.37. The molecule has 0 aromatic carbocycles. The van der Waals surface area contributed by atoms with Crippen molar-refractivity contribution in [2.75, 3.05) is 13.1 Å². The molecule has 0 amide bonds. The van der Waals surface area contributed by atoms with Gasteiger partial charge < -0.3 is 5.32 Å². The molecule has 0 aromatic rings. The molecule has 0 bridgehead atoms. The van der Waals surface area contributed by atoms with Crippen LogP contribution in [0.25, 0.3) is 0 Å². The van der Waals surface area contributed by atoms with Crippen molar-refractivity contribution in [2.45, 2.75) is 6.04 Å². The predicted octanol–water partition coefficient (Wildman–Crippen LogP) is 0.217. The maximum absolute atomic E-state index is 10.2. The maximum Gasteiger partial charge on any atom is 0.235 e. The van der Waals surface area contributed by atoms with Crippen molar-refractivity contribution in [1.29, 1.82) is 0 Å². The molecule has 1 N–H and O–H groups in total. The van der Waals surface area contributed by atoms with Crippen LogP contribution in [0.2, 0.25) is 0 Å². The molecule has 1 heterocycles. The van der Waals surface area contributed by atoms with Gasteiger partial charge in [0, 0.05) is 6.54 Å². The SMILES string of the molecule is O=C=NC1C=CC=C/C1=N\C1=NCCN1. The summed E-state index contributed by atoms with van der Waals surface area (Å²) in [5.74, 6) is 0.607. The summed E-state index contributed by atoms with van der Waals surface area (Å²) in [7, 11) is 0. The Morgan fingerprint density at radius 2 is 2.47 bits per heavy atom. The number of nitrogens with zero attached hydrogens (tertiary/aromatic N) is 3. The lowest BCUT2D eigenvalue weighted by atomic mass is 10.1. The molecule has 0 saturated carbocycles. The van der Waals surface area contributed by atoms with E-state index in [0.717, 1.165) is 13.1 Å². The Hall–Kier alpha value is -2.00. The fourth-order valence-corrected chi connectivity index (χ4v) is 1.37. The molecule has 5 nitrogen and oxygen atoms in total. The second-order valence-electron chi connectivity index (χ2n) is 3.08. The summed E-state index contributed by atoms with van der Waals surface area (Å²) in [5, 5.41) is 3.03. The molecule has 0 aromatic heterocycles. The number of nitrogens with one attached hydrogen (secondary N) is 1. The monoisotopic (exact) mass is 202 g/mol. The second kappa shape index (κ2) is 4.48. The van der Waals surface area contributed by atoms with Crippen LogP contribution in [-0.2, 0) is 4.79 Å². The Bertz CT molecular complexity index is 413. The first-order valence-corrected chi connectivity index (χ1v) is 4.69. The smallest absolute Gasteiger partial charge is 0.235 e. The lowest BCUT2D eigenvalue weighted by Gasteiger charge is -2.08. The van der Waals surface area contributed by atoms with Crippen molar-refractivity contribution in [2.24, 2.45) is 15.0 Å². The molecule has 1 aliphatic carbocycles. The van der Waals surface area contributed by atoms with Gasteiger partial charge in [-0.2, -0.15) is 4.99 Å². The van der Waals surface area contributed by atoms with Gasteiger partial charge in [-0.25, -0.2) is 14.8 Å². The number of aliphatic imine (C=N–C) groups is 3. The molecular weight excluding hydrogens is 192 g/mol. The molecule has 1 atom stereocenters. The number of isocyanates is 1. The first-order chi connectivity index (χ1) is 7.40. The van der Waals surface area contributed by atoms with Crippen molar-refractivity contribution in [3.05, 3.63) is 24.3 Å². The largest absolute Gasteiger partial charge is 0.353 e. The van der Waals surface area contributed by atoms with Gasteiger partial charge >= 0.3 is 0 Å². The minimum Gasteiger partial charge on any atom is -0.353 e. The van der Waals surface area contributed by atoms with Crippen LogP contribution in [0.3, 0.4) is 0 Å². The number of allylic oxidation sites excluding steroid dienone is 2. The van der Waals surface area contributed by atoms with E-state index < -0.39 is 0 Å². The molecule has 5 heteroatoms. The highest BCUT2D eigenvalue weighted by molar-refractivity contribution is 6.08. The van der Waals surface area contributed by atoms with E-state index in [2.05, 4.69) is 20.3 Å². The molecule has 2 rings (SSSR count). The van der Waals surface area contributed by atoms with Crippen molar-refractivity contribution in [3.63, 3.8) is 0 Å². The first-order valence-electron chi connectivity index (χ1n) is 4.69. The third-order valence-corrected chi connectivity index (χ3v) is 2.06. The highest BCUT2D eigenvalue weighted by Gasteiger charge is 2.13. The van der Waals surface area contributed by atoms with Crippen LogP contribution in [0.1, 0.15) is 0 Å². The zero-order chi connectivity index (χ0) is 10.5. The van der Waals surface area contributed by atoms with Gasteiger partial charge in [-0.3, -0.25) is 0 Å². The van der Waals surface area contributed by atoms with Gasteiger partial charge in [0.1, 0.15) is 6.04 Å².